The van der Waals surface area contributed by atoms with E-state index in [1.807, 2.05) is 60.7 Å². The largest absolute Gasteiger partial charge is 0.392 e. The fraction of sp³-hybridized carbons (Fsp3) is 0.350. The summed E-state index contributed by atoms with van der Waals surface area (Å²) in [6.45, 7) is 1.98. The molecule has 9 heteroatoms. The Morgan fingerprint density at radius 1 is 0.776 bits per heavy atom. The number of carbonyl (C=O) groups is 2. The van der Waals surface area contributed by atoms with E-state index in [1.54, 1.807) is 5.48 Å². The molecular formula is C40H47N3O6. The highest BCUT2D eigenvalue weighted by Crippen LogP contribution is 2.39. The van der Waals surface area contributed by atoms with Gasteiger partial charge in [-0.15, -0.1) is 0 Å². The Morgan fingerprint density at radius 3 is 2.16 bits per heavy atom. The van der Waals surface area contributed by atoms with Crippen molar-refractivity contribution >= 4 is 11.8 Å². The smallest absolute Gasteiger partial charge is 0.243 e. The number of carbonyl (C=O) groups excluding carboxylic acids is 2. The van der Waals surface area contributed by atoms with Gasteiger partial charge in [-0.25, -0.2) is 5.48 Å². The second-order valence-corrected chi connectivity index (χ2v) is 12.7. The van der Waals surface area contributed by atoms with Crippen LogP contribution in [0.2, 0.25) is 0 Å². The Morgan fingerprint density at radius 2 is 1.45 bits per heavy atom. The highest BCUT2D eigenvalue weighted by Gasteiger charge is 2.33. The zero-order valence-corrected chi connectivity index (χ0v) is 28.1. The van der Waals surface area contributed by atoms with E-state index in [2.05, 4.69) is 59.7 Å². The van der Waals surface area contributed by atoms with Gasteiger partial charge in [0.2, 0.25) is 11.8 Å². The van der Waals surface area contributed by atoms with Gasteiger partial charge in [-0.3, -0.25) is 19.7 Å². The summed E-state index contributed by atoms with van der Waals surface area (Å²) in [5.41, 5.74) is 8.82. The van der Waals surface area contributed by atoms with Crippen molar-refractivity contribution in [1.82, 2.24) is 15.7 Å². The maximum absolute atomic E-state index is 12.5. The molecule has 1 fully saturated rings. The first-order chi connectivity index (χ1) is 23.9. The Bertz CT molecular complexity index is 1610. The molecule has 9 nitrogen and oxygen atoms in total. The molecule has 2 amide bonds. The number of amides is 2. The molecule has 258 valence electrons. The topological polar surface area (TPSA) is 120 Å². The first kappa shape index (κ1) is 35.9. The highest BCUT2D eigenvalue weighted by atomic mass is 16.7. The third kappa shape index (κ3) is 10.8. The van der Waals surface area contributed by atoms with Gasteiger partial charge in [-0.05, 0) is 53.3 Å². The molecule has 0 aromatic heterocycles. The summed E-state index contributed by atoms with van der Waals surface area (Å²) in [4.78, 5) is 25.9. The lowest BCUT2D eigenvalue weighted by Crippen LogP contribution is -2.37. The van der Waals surface area contributed by atoms with E-state index in [0.29, 0.717) is 32.2 Å². The number of ether oxygens (including phenoxy) is 2. The van der Waals surface area contributed by atoms with Crippen molar-refractivity contribution in [2.75, 3.05) is 13.6 Å². The van der Waals surface area contributed by atoms with Gasteiger partial charge in [0.25, 0.3) is 0 Å². The van der Waals surface area contributed by atoms with E-state index in [0.717, 1.165) is 52.9 Å². The fourth-order valence-electron chi connectivity index (χ4n) is 6.20. The van der Waals surface area contributed by atoms with Crippen LogP contribution in [-0.4, -0.2) is 46.7 Å². The zero-order chi connectivity index (χ0) is 34.4. The van der Waals surface area contributed by atoms with Crippen LogP contribution in [-0.2, 0) is 38.8 Å². The number of unbranched alkanes of at least 4 members (excludes halogenated alkanes) is 2. The average Bonchev–Trinajstić information content (AvgIpc) is 3.14. The first-order valence-corrected chi connectivity index (χ1v) is 17.0. The number of aliphatic hydroxyl groups is 1. The molecule has 0 bridgehead atoms. The maximum Gasteiger partial charge on any atom is 0.243 e. The number of likely N-dealkylation sites (N-methyl/N-ethyl adjacent to an activating group) is 1. The molecular weight excluding hydrogens is 618 g/mol. The lowest BCUT2D eigenvalue weighted by molar-refractivity contribution is -0.252. The molecule has 1 heterocycles. The Labute approximate surface area is 288 Å². The summed E-state index contributed by atoms with van der Waals surface area (Å²) in [7, 11) is 2.11. The summed E-state index contributed by atoms with van der Waals surface area (Å²) >= 11 is 0. The van der Waals surface area contributed by atoms with Gasteiger partial charge in [-0.1, -0.05) is 110 Å². The SMILES string of the molecule is CN(Cc1ccccc1)C[C@H]1C[C@@H](c2ccc(CO)cc2)O[C@@H](c2ccc(-c3ccccc3CNC(=O)CCCCCC(=O)NO)cc2)O1. The summed E-state index contributed by atoms with van der Waals surface area (Å²) < 4.78 is 13.2. The maximum atomic E-state index is 12.5. The number of hydrogen-bond acceptors (Lipinski definition) is 7. The summed E-state index contributed by atoms with van der Waals surface area (Å²) in [6.07, 6.45) is 2.62. The van der Waals surface area contributed by atoms with E-state index >= 15 is 0 Å². The van der Waals surface area contributed by atoms with Crippen molar-refractivity contribution in [2.45, 2.75) is 76.7 Å². The molecule has 0 aliphatic carbocycles. The third-order valence-electron chi connectivity index (χ3n) is 8.85. The Kier molecular flexibility index (Phi) is 13.5. The van der Waals surface area contributed by atoms with Crippen molar-refractivity contribution in [2.24, 2.45) is 0 Å². The summed E-state index contributed by atoms with van der Waals surface area (Å²) in [5, 5.41) is 21.2. The van der Waals surface area contributed by atoms with Crippen molar-refractivity contribution in [3.05, 3.63) is 131 Å². The molecule has 4 N–H and O–H groups in total. The van der Waals surface area contributed by atoms with Crippen LogP contribution < -0.4 is 10.8 Å². The molecule has 0 saturated carbocycles. The van der Waals surface area contributed by atoms with Gasteiger partial charge in [0.1, 0.15) is 0 Å². The van der Waals surface area contributed by atoms with Crippen molar-refractivity contribution < 1.29 is 29.4 Å². The van der Waals surface area contributed by atoms with E-state index in [9.17, 15) is 14.7 Å². The molecule has 0 unspecified atom stereocenters. The lowest BCUT2D eigenvalue weighted by Gasteiger charge is -2.38. The summed E-state index contributed by atoms with van der Waals surface area (Å²) in [5.74, 6) is -0.443. The average molecular weight is 666 g/mol. The monoisotopic (exact) mass is 665 g/mol. The highest BCUT2D eigenvalue weighted by molar-refractivity contribution is 5.76. The van der Waals surface area contributed by atoms with Crippen LogP contribution in [0.3, 0.4) is 0 Å². The number of hydrogen-bond donors (Lipinski definition) is 4. The molecule has 1 aliphatic heterocycles. The molecule has 4 aromatic carbocycles. The Hall–Kier alpha value is -4.38. The van der Waals surface area contributed by atoms with Crippen molar-refractivity contribution in [3.8, 4) is 11.1 Å². The molecule has 49 heavy (non-hydrogen) atoms. The van der Waals surface area contributed by atoms with Crippen LogP contribution in [0.1, 0.15) is 78.7 Å². The molecule has 1 saturated heterocycles. The van der Waals surface area contributed by atoms with Gasteiger partial charge in [0.05, 0.1) is 18.8 Å². The standard InChI is InChI=1S/C40H47N3O6/c1-43(26-29-10-4-2-5-11-29)27-35-24-37(32-18-16-30(28-44)17-19-32)49-40(48-35)33-22-20-31(21-23-33)36-13-9-8-12-34(36)25-41-38(45)14-6-3-7-15-39(46)42-47/h2,4-5,8-13,16-23,35,37,40,44,47H,3,6-7,14-15,24-28H2,1H3,(H,41,45)(H,42,46)/t35-,37+,40+/m1/s1. The van der Waals surface area contributed by atoms with Crippen molar-refractivity contribution in [1.29, 1.82) is 0 Å². The van der Waals surface area contributed by atoms with E-state index < -0.39 is 12.2 Å². The Balaban J connectivity index is 1.24. The van der Waals surface area contributed by atoms with Crippen LogP contribution in [0.25, 0.3) is 11.1 Å². The number of hydroxylamine groups is 1. The van der Waals surface area contributed by atoms with Gasteiger partial charge >= 0.3 is 0 Å². The van der Waals surface area contributed by atoms with E-state index in [4.69, 9.17) is 14.7 Å². The van der Waals surface area contributed by atoms with Gasteiger partial charge in [0.15, 0.2) is 6.29 Å². The van der Waals surface area contributed by atoms with E-state index in [-0.39, 0.29) is 31.1 Å². The molecule has 3 atom stereocenters. The lowest BCUT2D eigenvalue weighted by atomic mass is 9.97. The second kappa shape index (κ2) is 18.4. The van der Waals surface area contributed by atoms with Crippen molar-refractivity contribution in [3.63, 3.8) is 0 Å². The van der Waals surface area contributed by atoms with Gasteiger partial charge < -0.3 is 19.9 Å². The predicted molar refractivity (Wildman–Crippen MR) is 188 cm³/mol. The number of rotatable bonds is 16. The van der Waals surface area contributed by atoms with Crippen LogP contribution in [0, 0.1) is 0 Å². The number of aliphatic hydroxyl groups excluding tert-OH is 1. The molecule has 4 aromatic rings. The third-order valence-corrected chi connectivity index (χ3v) is 8.85. The van der Waals surface area contributed by atoms with Crippen LogP contribution >= 0.6 is 0 Å². The van der Waals surface area contributed by atoms with Crippen LogP contribution in [0.5, 0.6) is 0 Å². The molecule has 0 radical (unpaired) electrons. The zero-order valence-electron chi connectivity index (χ0n) is 28.1. The fourth-order valence-corrected chi connectivity index (χ4v) is 6.20. The minimum Gasteiger partial charge on any atom is -0.392 e. The van der Waals surface area contributed by atoms with Crippen LogP contribution in [0.15, 0.2) is 103 Å². The normalized spacial score (nSPS) is 17.5. The first-order valence-electron chi connectivity index (χ1n) is 17.0. The predicted octanol–water partition coefficient (Wildman–Crippen LogP) is 6.60. The molecule has 0 spiro atoms. The summed E-state index contributed by atoms with van der Waals surface area (Å²) in [6, 6.07) is 34.6. The number of nitrogens with zero attached hydrogens (tertiary/aromatic N) is 1. The molecule has 5 rings (SSSR count). The second-order valence-electron chi connectivity index (χ2n) is 12.7. The van der Waals surface area contributed by atoms with Gasteiger partial charge in [-0.2, -0.15) is 0 Å². The quantitative estimate of drug-likeness (QED) is 0.0605. The minimum absolute atomic E-state index is 0.00133. The van der Waals surface area contributed by atoms with E-state index in [1.165, 1.54) is 5.56 Å². The van der Waals surface area contributed by atoms with Gasteiger partial charge in [0, 0.05) is 44.5 Å². The number of benzene rings is 4. The molecule has 1 aliphatic rings. The minimum atomic E-state index is -0.548. The number of nitrogens with one attached hydrogen (secondary N) is 2. The van der Waals surface area contributed by atoms with Crippen LogP contribution in [0.4, 0.5) is 0 Å².